The molecule has 10 atom stereocenters. The van der Waals surface area contributed by atoms with Gasteiger partial charge in [-0.2, -0.15) is 0 Å². The van der Waals surface area contributed by atoms with Gasteiger partial charge in [0.1, 0.15) is 5.75 Å². The highest BCUT2D eigenvalue weighted by molar-refractivity contribution is 5.95. The minimum Gasteiger partial charge on any atom is -0.497 e. The highest BCUT2D eigenvalue weighted by atomic mass is 16.5. The molecule has 1 aromatic rings. The van der Waals surface area contributed by atoms with Crippen LogP contribution in [0.3, 0.4) is 0 Å². The summed E-state index contributed by atoms with van der Waals surface area (Å²) in [7, 11) is 1.68. The molecule has 1 aliphatic heterocycles. The summed E-state index contributed by atoms with van der Waals surface area (Å²) in [5, 5.41) is 21.9. The lowest BCUT2D eigenvalue weighted by molar-refractivity contribution is -0.174. The van der Waals surface area contributed by atoms with Crippen LogP contribution < -0.4 is 9.64 Å². The molecule has 5 nitrogen and oxygen atoms in total. The van der Waals surface area contributed by atoms with Gasteiger partial charge >= 0.3 is 0 Å². The highest BCUT2D eigenvalue weighted by Crippen LogP contribution is 2.68. The van der Waals surface area contributed by atoms with E-state index in [0.29, 0.717) is 41.9 Å². The fraction of sp³-hybridized carbons (Fsp3) is 0.788. The van der Waals surface area contributed by atoms with Crippen LogP contribution >= 0.6 is 0 Å². The zero-order valence-electron chi connectivity index (χ0n) is 24.0. The Kier molecular flexibility index (Phi) is 6.87. The Morgan fingerprint density at radius 3 is 2.63 bits per heavy atom. The molecule has 0 radical (unpaired) electrons. The Hall–Kier alpha value is -1.59. The average molecular weight is 524 g/mol. The number of nitrogens with zero attached hydrogens (tertiary/aromatic N) is 1. The fourth-order valence-electron chi connectivity index (χ4n) is 10.6. The number of rotatable bonds is 5. The van der Waals surface area contributed by atoms with Gasteiger partial charge in [0.15, 0.2) is 0 Å². The first-order chi connectivity index (χ1) is 18.2. The van der Waals surface area contributed by atoms with Crippen molar-refractivity contribution in [3.63, 3.8) is 0 Å². The summed E-state index contributed by atoms with van der Waals surface area (Å²) < 4.78 is 5.41. The molecule has 6 rings (SSSR count). The van der Waals surface area contributed by atoms with Crippen LogP contribution in [0.4, 0.5) is 5.69 Å². The average Bonchev–Trinajstić information content (AvgIpc) is 3.48. The van der Waals surface area contributed by atoms with Crippen molar-refractivity contribution >= 4 is 11.6 Å². The number of fused-ring (bicyclic) bond motifs is 6. The number of carbonyl (C=O) groups is 1. The van der Waals surface area contributed by atoms with Gasteiger partial charge in [0.05, 0.1) is 25.0 Å². The molecule has 5 aliphatic rings. The van der Waals surface area contributed by atoms with Crippen molar-refractivity contribution in [1.29, 1.82) is 0 Å². The molecule has 0 unspecified atom stereocenters. The second-order valence-electron chi connectivity index (χ2n) is 14.3. The lowest BCUT2D eigenvalue weighted by atomic mass is 9.43. The number of aliphatic hydroxyl groups excluding tert-OH is 2. The lowest BCUT2D eigenvalue weighted by Crippen LogP contribution is -2.58. The van der Waals surface area contributed by atoms with E-state index < -0.39 is 0 Å². The predicted octanol–water partition coefficient (Wildman–Crippen LogP) is 5.99. The highest BCUT2D eigenvalue weighted by Gasteiger charge is 2.62. The normalized spacial score (nSPS) is 42.6. The monoisotopic (exact) mass is 523 g/mol. The van der Waals surface area contributed by atoms with Gasteiger partial charge in [-0.1, -0.05) is 26.8 Å². The van der Waals surface area contributed by atoms with Crippen LogP contribution in [0.25, 0.3) is 0 Å². The molecular formula is C33H49NO4. The van der Waals surface area contributed by atoms with Gasteiger partial charge < -0.3 is 19.8 Å². The summed E-state index contributed by atoms with van der Waals surface area (Å²) in [5.74, 6) is 4.22. The number of anilines is 1. The Bertz CT molecular complexity index is 1060. The molecule has 1 aromatic carbocycles. The molecule has 210 valence electrons. The van der Waals surface area contributed by atoms with E-state index in [0.717, 1.165) is 56.5 Å². The van der Waals surface area contributed by atoms with Crippen LogP contribution in [-0.4, -0.2) is 42.0 Å². The number of carbonyl (C=O) groups excluding carboxylic acids is 1. The second kappa shape index (κ2) is 9.80. The third-order valence-corrected chi connectivity index (χ3v) is 12.7. The quantitative estimate of drug-likeness (QED) is 0.497. The minimum absolute atomic E-state index is 0.179. The van der Waals surface area contributed by atoms with Crippen molar-refractivity contribution in [1.82, 2.24) is 0 Å². The van der Waals surface area contributed by atoms with Gasteiger partial charge in [0, 0.05) is 19.0 Å². The Balaban J connectivity index is 1.13. The van der Waals surface area contributed by atoms with Crippen molar-refractivity contribution in [2.45, 2.75) is 104 Å². The molecule has 38 heavy (non-hydrogen) atoms. The summed E-state index contributed by atoms with van der Waals surface area (Å²) in [5.41, 5.74) is 2.80. The number of hydrogen-bond acceptors (Lipinski definition) is 4. The number of amides is 1. The molecule has 0 saturated heterocycles. The van der Waals surface area contributed by atoms with Crippen molar-refractivity contribution in [2.75, 3.05) is 18.6 Å². The first kappa shape index (κ1) is 26.6. The Morgan fingerprint density at radius 1 is 1.08 bits per heavy atom. The smallest absolute Gasteiger partial charge is 0.227 e. The molecule has 4 saturated carbocycles. The van der Waals surface area contributed by atoms with E-state index in [2.05, 4.69) is 26.8 Å². The van der Waals surface area contributed by atoms with Crippen LogP contribution in [0.5, 0.6) is 5.75 Å². The third kappa shape index (κ3) is 4.13. The summed E-state index contributed by atoms with van der Waals surface area (Å²) in [6.07, 6.45) is 10.8. The van der Waals surface area contributed by atoms with Crippen molar-refractivity contribution < 1.29 is 19.7 Å². The standard InChI is InChI=1S/C33H49NO4/c1-20(5-10-30(37)34-16-13-21-6-7-24(38-4)19-28(21)34)25-8-9-26-31-27(12-15-33(25,26)3)32(2)14-11-23(35)17-22(32)18-29(31)36/h6-7,19-20,22-23,25-27,29,31,35-36H,5,8-18H2,1-4H3/t20-,22+,23-,25-,26+,27+,29-,31+,32+,33-/m1/s1. The molecule has 0 aromatic heterocycles. The minimum atomic E-state index is -0.226. The first-order valence-corrected chi connectivity index (χ1v) is 15.5. The van der Waals surface area contributed by atoms with Crippen LogP contribution in [-0.2, 0) is 11.2 Å². The summed E-state index contributed by atoms with van der Waals surface area (Å²) in [4.78, 5) is 15.3. The van der Waals surface area contributed by atoms with E-state index in [1.54, 1.807) is 7.11 Å². The van der Waals surface area contributed by atoms with Crippen LogP contribution in [0.2, 0.25) is 0 Å². The third-order valence-electron chi connectivity index (χ3n) is 12.7. The van der Waals surface area contributed by atoms with Crippen molar-refractivity contribution in [3.05, 3.63) is 23.8 Å². The number of methoxy groups -OCH3 is 1. The largest absolute Gasteiger partial charge is 0.497 e. The van der Waals surface area contributed by atoms with Crippen LogP contribution in [0, 0.1) is 46.3 Å². The molecule has 0 bridgehead atoms. The summed E-state index contributed by atoms with van der Waals surface area (Å²) in [6.45, 7) is 8.17. The van der Waals surface area contributed by atoms with Gasteiger partial charge in [-0.25, -0.2) is 0 Å². The SMILES string of the molecule is COc1ccc2c(c1)N(C(=O)CC[C@@H](C)[C@H]1CC[C@H]3[C@@H]4[C@H](O)C[C@@H]5C[C@H](O)CC[C@]5(C)[C@H]4CC[C@]13C)CC2. The second-order valence-corrected chi connectivity index (χ2v) is 14.3. The number of benzene rings is 1. The van der Waals surface area contributed by atoms with Crippen molar-refractivity contribution in [3.8, 4) is 5.75 Å². The van der Waals surface area contributed by atoms with Gasteiger partial charge in [0.25, 0.3) is 0 Å². The van der Waals surface area contributed by atoms with Gasteiger partial charge in [-0.15, -0.1) is 0 Å². The first-order valence-electron chi connectivity index (χ1n) is 15.5. The molecule has 5 heteroatoms. The van der Waals surface area contributed by atoms with Crippen LogP contribution in [0.1, 0.15) is 90.5 Å². The van der Waals surface area contributed by atoms with Crippen LogP contribution in [0.15, 0.2) is 18.2 Å². The fourth-order valence-corrected chi connectivity index (χ4v) is 10.6. The molecule has 0 spiro atoms. The maximum atomic E-state index is 13.3. The van der Waals surface area contributed by atoms with Gasteiger partial charge in [0.2, 0.25) is 5.91 Å². The number of hydrogen-bond donors (Lipinski definition) is 2. The van der Waals surface area contributed by atoms with E-state index in [1.165, 1.54) is 31.2 Å². The maximum absolute atomic E-state index is 13.3. The summed E-state index contributed by atoms with van der Waals surface area (Å²) >= 11 is 0. The topological polar surface area (TPSA) is 70.0 Å². The summed E-state index contributed by atoms with van der Waals surface area (Å²) in [6, 6.07) is 6.10. The lowest BCUT2D eigenvalue weighted by Gasteiger charge is -2.62. The van der Waals surface area contributed by atoms with Gasteiger partial charge in [-0.3, -0.25) is 4.79 Å². The molecule has 1 amide bonds. The molecule has 4 fully saturated rings. The van der Waals surface area contributed by atoms with Crippen molar-refractivity contribution in [2.24, 2.45) is 46.3 Å². The van der Waals surface area contributed by atoms with E-state index in [-0.39, 0.29) is 28.9 Å². The molecule has 4 aliphatic carbocycles. The van der Waals surface area contributed by atoms with E-state index in [1.807, 2.05) is 17.0 Å². The molecular weight excluding hydrogens is 474 g/mol. The van der Waals surface area contributed by atoms with E-state index in [9.17, 15) is 15.0 Å². The maximum Gasteiger partial charge on any atom is 0.227 e. The number of aliphatic hydroxyl groups is 2. The van der Waals surface area contributed by atoms with E-state index >= 15 is 0 Å². The zero-order valence-corrected chi connectivity index (χ0v) is 24.0. The molecule has 1 heterocycles. The molecule has 2 N–H and O–H groups in total. The number of ether oxygens (including phenoxy) is 1. The Morgan fingerprint density at radius 2 is 1.84 bits per heavy atom. The zero-order chi connectivity index (χ0) is 26.8. The van der Waals surface area contributed by atoms with Gasteiger partial charge in [-0.05, 0) is 122 Å². The Labute approximate surface area is 229 Å². The predicted molar refractivity (Wildman–Crippen MR) is 150 cm³/mol. The van der Waals surface area contributed by atoms with E-state index in [4.69, 9.17) is 4.74 Å².